The van der Waals surface area contributed by atoms with E-state index in [1.807, 2.05) is 6.92 Å². The predicted octanol–water partition coefficient (Wildman–Crippen LogP) is 0.799. The van der Waals surface area contributed by atoms with Gasteiger partial charge in [-0.2, -0.15) is 0 Å². The molecule has 1 atom stereocenters. The van der Waals surface area contributed by atoms with E-state index in [0.717, 1.165) is 0 Å². The summed E-state index contributed by atoms with van der Waals surface area (Å²) in [6, 6.07) is 6.89. The molecule has 1 aromatic rings. The van der Waals surface area contributed by atoms with Crippen molar-refractivity contribution in [3.8, 4) is 5.75 Å². The van der Waals surface area contributed by atoms with Crippen molar-refractivity contribution in [2.24, 2.45) is 0 Å². The van der Waals surface area contributed by atoms with Crippen LogP contribution in [0.2, 0.25) is 0 Å². The van der Waals surface area contributed by atoms with Crippen LogP contribution in [0.1, 0.15) is 6.92 Å². The minimum absolute atomic E-state index is 0.00419. The van der Waals surface area contributed by atoms with E-state index in [4.69, 9.17) is 15.2 Å². The second-order valence-corrected chi connectivity index (χ2v) is 3.71. The average molecular weight is 238 g/mol. The Bertz CT molecular complexity index is 351. The van der Waals surface area contributed by atoms with Crippen LogP contribution in [0.25, 0.3) is 0 Å². The zero-order chi connectivity index (χ0) is 12.7. The van der Waals surface area contributed by atoms with Crippen molar-refractivity contribution in [3.05, 3.63) is 24.3 Å². The van der Waals surface area contributed by atoms with Crippen LogP contribution in [0, 0.1) is 0 Å². The van der Waals surface area contributed by atoms with Crippen LogP contribution in [0.4, 0.5) is 5.69 Å². The Balaban J connectivity index is 2.26. The molecule has 0 spiro atoms. The maximum absolute atomic E-state index is 11.4. The summed E-state index contributed by atoms with van der Waals surface area (Å²) >= 11 is 0. The molecular weight excluding hydrogens is 220 g/mol. The summed E-state index contributed by atoms with van der Waals surface area (Å²) in [5.41, 5.74) is 6.19. The molecule has 1 rings (SSSR count). The van der Waals surface area contributed by atoms with Gasteiger partial charge in [0.1, 0.15) is 5.75 Å². The van der Waals surface area contributed by atoms with Gasteiger partial charge in [0, 0.05) is 19.3 Å². The molecule has 0 aliphatic heterocycles. The lowest BCUT2D eigenvalue weighted by atomic mass is 10.3. The van der Waals surface area contributed by atoms with Crippen molar-refractivity contribution in [2.75, 3.05) is 26.0 Å². The molecule has 0 aliphatic rings. The Morgan fingerprint density at radius 1 is 1.41 bits per heavy atom. The van der Waals surface area contributed by atoms with Gasteiger partial charge in [0.15, 0.2) is 6.61 Å². The second kappa shape index (κ2) is 6.75. The van der Waals surface area contributed by atoms with E-state index in [9.17, 15) is 4.79 Å². The number of carbonyl (C=O) groups excluding carboxylic acids is 1. The number of nitrogens with two attached hydrogens (primary N) is 1. The third-order valence-corrected chi connectivity index (χ3v) is 2.24. The second-order valence-electron chi connectivity index (χ2n) is 3.71. The van der Waals surface area contributed by atoms with Gasteiger partial charge in [0.05, 0.1) is 6.10 Å². The number of nitrogens with one attached hydrogen (secondary N) is 1. The van der Waals surface area contributed by atoms with Gasteiger partial charge in [-0.05, 0) is 31.2 Å². The summed E-state index contributed by atoms with van der Waals surface area (Å²) in [5.74, 6) is 0.444. The molecule has 0 aromatic heterocycles. The lowest BCUT2D eigenvalue weighted by Gasteiger charge is -2.11. The van der Waals surface area contributed by atoms with E-state index in [0.29, 0.717) is 18.0 Å². The molecule has 94 valence electrons. The molecule has 0 aliphatic carbocycles. The first-order chi connectivity index (χ1) is 8.11. The molecule has 3 N–H and O–H groups in total. The minimum atomic E-state index is -0.175. The van der Waals surface area contributed by atoms with E-state index >= 15 is 0 Å². The van der Waals surface area contributed by atoms with E-state index < -0.39 is 0 Å². The first-order valence-corrected chi connectivity index (χ1v) is 5.39. The number of rotatable bonds is 6. The van der Waals surface area contributed by atoms with Gasteiger partial charge >= 0.3 is 0 Å². The van der Waals surface area contributed by atoms with E-state index in [1.54, 1.807) is 31.4 Å². The van der Waals surface area contributed by atoms with E-state index in [1.165, 1.54) is 0 Å². The molecule has 1 aromatic carbocycles. The molecule has 0 radical (unpaired) electrons. The van der Waals surface area contributed by atoms with Crippen LogP contribution in [0.5, 0.6) is 5.75 Å². The fourth-order valence-corrected chi connectivity index (χ4v) is 1.10. The monoisotopic (exact) mass is 238 g/mol. The zero-order valence-electron chi connectivity index (χ0n) is 10.1. The van der Waals surface area contributed by atoms with Crippen molar-refractivity contribution in [3.63, 3.8) is 0 Å². The molecule has 5 heteroatoms. The van der Waals surface area contributed by atoms with Crippen LogP contribution in [0.15, 0.2) is 24.3 Å². The quantitative estimate of drug-likeness (QED) is 0.719. The van der Waals surface area contributed by atoms with Crippen LogP contribution in [0.3, 0.4) is 0 Å². The third kappa shape index (κ3) is 5.21. The predicted molar refractivity (Wildman–Crippen MR) is 65.8 cm³/mol. The minimum Gasteiger partial charge on any atom is -0.484 e. The molecule has 0 bridgehead atoms. The number of hydrogen-bond donors (Lipinski definition) is 2. The molecule has 0 saturated heterocycles. The Morgan fingerprint density at radius 2 is 2.06 bits per heavy atom. The lowest BCUT2D eigenvalue weighted by molar-refractivity contribution is -0.123. The van der Waals surface area contributed by atoms with Gasteiger partial charge < -0.3 is 20.5 Å². The molecule has 0 saturated carbocycles. The number of ether oxygens (including phenoxy) is 2. The maximum Gasteiger partial charge on any atom is 0.258 e. The summed E-state index contributed by atoms with van der Waals surface area (Å²) < 4.78 is 10.3. The summed E-state index contributed by atoms with van der Waals surface area (Å²) in [4.78, 5) is 11.4. The summed E-state index contributed by atoms with van der Waals surface area (Å²) in [5, 5.41) is 2.70. The topological polar surface area (TPSA) is 73.6 Å². The summed E-state index contributed by atoms with van der Waals surface area (Å²) in [6.07, 6.45) is -0.00419. The Labute approximate surface area is 101 Å². The van der Waals surface area contributed by atoms with Gasteiger partial charge in [0.2, 0.25) is 0 Å². The van der Waals surface area contributed by atoms with Crippen LogP contribution in [-0.2, 0) is 9.53 Å². The Hall–Kier alpha value is -1.75. The number of carbonyl (C=O) groups is 1. The smallest absolute Gasteiger partial charge is 0.258 e. The van der Waals surface area contributed by atoms with Gasteiger partial charge in [-0.25, -0.2) is 0 Å². The first kappa shape index (κ1) is 13.3. The number of benzene rings is 1. The van der Waals surface area contributed by atoms with Gasteiger partial charge in [-0.1, -0.05) is 0 Å². The highest BCUT2D eigenvalue weighted by atomic mass is 16.5. The fraction of sp³-hybridized carbons (Fsp3) is 0.417. The molecular formula is C12H18N2O3. The maximum atomic E-state index is 11.4. The number of nitrogen functional groups attached to an aromatic ring is 1. The third-order valence-electron chi connectivity index (χ3n) is 2.24. The largest absolute Gasteiger partial charge is 0.484 e. The van der Waals surface area contributed by atoms with Crippen LogP contribution < -0.4 is 15.8 Å². The van der Waals surface area contributed by atoms with Gasteiger partial charge in [0.25, 0.3) is 5.91 Å². The summed E-state index contributed by atoms with van der Waals surface area (Å²) in [6.45, 7) is 2.34. The standard InChI is InChI=1S/C12H18N2O3/c1-9(16-2)7-14-12(15)8-17-11-5-3-10(13)4-6-11/h3-6,9H,7-8,13H2,1-2H3,(H,14,15). The number of anilines is 1. The van der Waals surface area contributed by atoms with Gasteiger partial charge in [-0.15, -0.1) is 0 Å². The van der Waals surface area contributed by atoms with Crippen LogP contribution in [-0.4, -0.2) is 32.3 Å². The van der Waals surface area contributed by atoms with Crippen LogP contribution >= 0.6 is 0 Å². The van der Waals surface area contributed by atoms with Crippen molar-refractivity contribution < 1.29 is 14.3 Å². The van der Waals surface area contributed by atoms with E-state index in [2.05, 4.69) is 5.32 Å². The zero-order valence-corrected chi connectivity index (χ0v) is 10.1. The Morgan fingerprint density at radius 3 is 2.65 bits per heavy atom. The fourth-order valence-electron chi connectivity index (χ4n) is 1.10. The van der Waals surface area contributed by atoms with Crippen molar-refractivity contribution in [1.29, 1.82) is 0 Å². The number of amides is 1. The lowest BCUT2D eigenvalue weighted by Crippen LogP contribution is -2.34. The molecule has 1 amide bonds. The Kier molecular flexibility index (Phi) is 5.29. The number of methoxy groups -OCH3 is 1. The average Bonchev–Trinajstić information content (AvgIpc) is 2.35. The number of hydrogen-bond acceptors (Lipinski definition) is 4. The van der Waals surface area contributed by atoms with Crippen molar-refractivity contribution in [1.82, 2.24) is 5.32 Å². The van der Waals surface area contributed by atoms with E-state index in [-0.39, 0.29) is 18.6 Å². The molecule has 17 heavy (non-hydrogen) atoms. The highest BCUT2D eigenvalue weighted by molar-refractivity contribution is 5.77. The van der Waals surface area contributed by atoms with Crippen molar-refractivity contribution in [2.45, 2.75) is 13.0 Å². The summed E-state index contributed by atoms with van der Waals surface area (Å²) in [7, 11) is 1.60. The highest BCUT2D eigenvalue weighted by Gasteiger charge is 2.05. The normalized spacial score (nSPS) is 11.9. The highest BCUT2D eigenvalue weighted by Crippen LogP contribution is 2.12. The molecule has 0 heterocycles. The SMILES string of the molecule is COC(C)CNC(=O)COc1ccc(N)cc1. The first-order valence-electron chi connectivity index (χ1n) is 5.39. The molecule has 1 unspecified atom stereocenters. The van der Waals surface area contributed by atoms with Gasteiger partial charge in [-0.3, -0.25) is 4.79 Å². The molecule has 0 fully saturated rings. The molecule has 5 nitrogen and oxygen atoms in total. The van der Waals surface area contributed by atoms with Crippen molar-refractivity contribution >= 4 is 11.6 Å².